The van der Waals surface area contributed by atoms with Crippen LogP contribution in [0.2, 0.25) is 5.02 Å². The SMILES string of the molecule is C#CCn1ncc(Cl)c(NCc2ccc(OC)nc2)c1=O. The van der Waals surface area contributed by atoms with Gasteiger partial charge in [0, 0.05) is 18.8 Å². The molecule has 2 rings (SSSR count). The van der Waals surface area contributed by atoms with E-state index in [0.717, 1.165) is 5.56 Å². The van der Waals surface area contributed by atoms with Crippen molar-refractivity contribution in [2.75, 3.05) is 12.4 Å². The molecule has 0 aliphatic carbocycles. The van der Waals surface area contributed by atoms with Gasteiger partial charge in [0.05, 0.1) is 18.3 Å². The predicted octanol–water partition coefficient (Wildman–Crippen LogP) is 1.55. The Kier molecular flexibility index (Phi) is 4.80. The van der Waals surface area contributed by atoms with Crippen molar-refractivity contribution in [1.29, 1.82) is 0 Å². The second-order valence-corrected chi connectivity index (χ2v) is 4.50. The first kappa shape index (κ1) is 14.9. The van der Waals surface area contributed by atoms with Crippen molar-refractivity contribution < 1.29 is 4.74 Å². The molecule has 0 aliphatic heterocycles. The first-order valence-electron chi connectivity index (χ1n) is 6.07. The number of aromatic nitrogens is 3. The van der Waals surface area contributed by atoms with Crippen LogP contribution >= 0.6 is 11.6 Å². The van der Waals surface area contributed by atoms with Gasteiger partial charge in [-0.05, 0) is 5.56 Å². The van der Waals surface area contributed by atoms with Gasteiger partial charge in [-0.1, -0.05) is 23.6 Å². The molecule has 0 amide bonds. The third kappa shape index (κ3) is 3.52. The molecule has 6 nitrogen and oxygen atoms in total. The number of rotatable bonds is 5. The van der Waals surface area contributed by atoms with Crippen LogP contribution in [0.15, 0.2) is 29.3 Å². The summed E-state index contributed by atoms with van der Waals surface area (Å²) in [5.74, 6) is 2.89. The van der Waals surface area contributed by atoms with Crippen molar-refractivity contribution in [3.05, 3.63) is 45.5 Å². The van der Waals surface area contributed by atoms with E-state index in [2.05, 4.69) is 21.3 Å². The molecule has 2 aromatic rings. The second-order valence-electron chi connectivity index (χ2n) is 4.10. The second kappa shape index (κ2) is 6.77. The lowest BCUT2D eigenvalue weighted by atomic mass is 10.3. The maximum absolute atomic E-state index is 12.1. The molecule has 0 spiro atoms. The molecule has 0 bridgehead atoms. The number of nitrogens with one attached hydrogen (secondary N) is 1. The lowest BCUT2D eigenvalue weighted by Crippen LogP contribution is -2.25. The summed E-state index contributed by atoms with van der Waals surface area (Å²) in [4.78, 5) is 16.2. The molecule has 0 fully saturated rings. The molecule has 0 saturated carbocycles. The van der Waals surface area contributed by atoms with Gasteiger partial charge >= 0.3 is 0 Å². The Balaban J connectivity index is 2.17. The van der Waals surface area contributed by atoms with Gasteiger partial charge in [-0.3, -0.25) is 4.79 Å². The predicted molar refractivity (Wildman–Crippen MR) is 80.5 cm³/mol. The van der Waals surface area contributed by atoms with E-state index in [1.54, 1.807) is 19.4 Å². The van der Waals surface area contributed by atoms with E-state index >= 15 is 0 Å². The van der Waals surface area contributed by atoms with Crippen molar-refractivity contribution in [3.63, 3.8) is 0 Å². The van der Waals surface area contributed by atoms with Gasteiger partial charge in [0.2, 0.25) is 5.88 Å². The number of terminal acetylenes is 1. The normalized spacial score (nSPS) is 9.95. The number of hydrogen-bond donors (Lipinski definition) is 1. The van der Waals surface area contributed by atoms with Crippen molar-refractivity contribution in [2.45, 2.75) is 13.1 Å². The zero-order valence-electron chi connectivity index (χ0n) is 11.3. The van der Waals surface area contributed by atoms with Crippen molar-refractivity contribution >= 4 is 17.3 Å². The highest BCUT2D eigenvalue weighted by Crippen LogP contribution is 2.16. The molecule has 1 N–H and O–H groups in total. The van der Waals surface area contributed by atoms with Gasteiger partial charge in [-0.25, -0.2) is 9.67 Å². The highest BCUT2D eigenvalue weighted by molar-refractivity contribution is 6.32. The zero-order valence-corrected chi connectivity index (χ0v) is 12.1. The minimum atomic E-state index is -0.359. The Hall–Kier alpha value is -2.52. The summed E-state index contributed by atoms with van der Waals surface area (Å²) in [6.07, 6.45) is 8.22. The molecule has 0 aromatic carbocycles. The standard InChI is InChI=1S/C14H13ClN4O2/c1-3-6-19-14(20)13(11(15)9-18-19)17-8-10-4-5-12(21-2)16-7-10/h1,4-5,7,9,17H,6,8H2,2H3. The van der Waals surface area contributed by atoms with Crippen LogP contribution in [0.25, 0.3) is 0 Å². The summed E-state index contributed by atoms with van der Waals surface area (Å²) in [5, 5.41) is 7.09. The molecule has 7 heteroatoms. The molecule has 21 heavy (non-hydrogen) atoms. The van der Waals surface area contributed by atoms with Crippen LogP contribution in [0.5, 0.6) is 5.88 Å². The molecular weight excluding hydrogens is 292 g/mol. The van der Waals surface area contributed by atoms with E-state index in [1.807, 2.05) is 6.07 Å². The summed E-state index contributed by atoms with van der Waals surface area (Å²) in [6, 6.07) is 3.58. The molecule has 0 radical (unpaired) electrons. The van der Waals surface area contributed by atoms with Gasteiger partial charge in [-0.15, -0.1) is 6.42 Å². The molecule has 2 aromatic heterocycles. The molecule has 0 aliphatic rings. The Morgan fingerprint density at radius 2 is 2.29 bits per heavy atom. The van der Waals surface area contributed by atoms with Crippen molar-refractivity contribution in [3.8, 4) is 18.2 Å². The van der Waals surface area contributed by atoms with Gasteiger partial charge < -0.3 is 10.1 Å². The fraction of sp³-hybridized carbons (Fsp3) is 0.214. The van der Waals surface area contributed by atoms with E-state index in [0.29, 0.717) is 12.4 Å². The smallest absolute Gasteiger partial charge is 0.292 e. The fourth-order valence-corrected chi connectivity index (χ4v) is 1.85. The zero-order chi connectivity index (χ0) is 15.2. The molecule has 2 heterocycles. The topological polar surface area (TPSA) is 69.0 Å². The van der Waals surface area contributed by atoms with Crippen LogP contribution in [-0.4, -0.2) is 21.9 Å². The van der Waals surface area contributed by atoms with E-state index in [1.165, 1.54) is 10.9 Å². The first-order valence-corrected chi connectivity index (χ1v) is 6.45. The highest BCUT2D eigenvalue weighted by Gasteiger charge is 2.09. The van der Waals surface area contributed by atoms with Crippen LogP contribution in [0.4, 0.5) is 5.69 Å². The number of nitrogens with zero attached hydrogens (tertiary/aromatic N) is 3. The summed E-state index contributed by atoms with van der Waals surface area (Å²) in [7, 11) is 1.55. The summed E-state index contributed by atoms with van der Waals surface area (Å²) in [5.41, 5.74) is 0.784. The first-order chi connectivity index (χ1) is 10.2. The Morgan fingerprint density at radius 3 is 2.90 bits per heavy atom. The molecule has 108 valence electrons. The Bertz CT molecular complexity index is 719. The minimum absolute atomic E-state index is 0.0920. The average molecular weight is 305 g/mol. The number of methoxy groups -OCH3 is 1. The summed E-state index contributed by atoms with van der Waals surface area (Å²) in [6.45, 7) is 0.487. The minimum Gasteiger partial charge on any atom is -0.481 e. The molecule has 0 saturated heterocycles. The van der Waals surface area contributed by atoms with E-state index in [-0.39, 0.29) is 22.8 Å². The molecular formula is C14H13ClN4O2. The van der Waals surface area contributed by atoms with Gasteiger partial charge in [0.25, 0.3) is 5.56 Å². The van der Waals surface area contributed by atoms with E-state index in [9.17, 15) is 4.79 Å². The van der Waals surface area contributed by atoms with Crippen LogP contribution < -0.4 is 15.6 Å². The van der Waals surface area contributed by atoms with Gasteiger partial charge in [0.15, 0.2) is 0 Å². The lowest BCUT2D eigenvalue weighted by molar-refractivity contribution is 0.397. The maximum atomic E-state index is 12.1. The fourth-order valence-electron chi connectivity index (χ4n) is 1.65. The van der Waals surface area contributed by atoms with Crippen molar-refractivity contribution in [1.82, 2.24) is 14.8 Å². The number of pyridine rings is 1. The quantitative estimate of drug-likeness (QED) is 0.849. The monoisotopic (exact) mass is 304 g/mol. The van der Waals surface area contributed by atoms with E-state index in [4.69, 9.17) is 22.8 Å². The summed E-state index contributed by atoms with van der Waals surface area (Å²) >= 11 is 5.99. The maximum Gasteiger partial charge on any atom is 0.292 e. The number of anilines is 1. The number of halogens is 1. The Morgan fingerprint density at radius 1 is 1.48 bits per heavy atom. The third-order valence-electron chi connectivity index (χ3n) is 2.71. The molecule has 0 atom stereocenters. The van der Waals surface area contributed by atoms with Crippen LogP contribution in [0.3, 0.4) is 0 Å². The van der Waals surface area contributed by atoms with Crippen LogP contribution in [0.1, 0.15) is 5.56 Å². The van der Waals surface area contributed by atoms with Crippen molar-refractivity contribution in [2.24, 2.45) is 0 Å². The lowest BCUT2D eigenvalue weighted by Gasteiger charge is -2.09. The van der Waals surface area contributed by atoms with E-state index < -0.39 is 0 Å². The third-order valence-corrected chi connectivity index (χ3v) is 3.00. The van der Waals surface area contributed by atoms with Crippen LogP contribution in [0, 0.1) is 12.3 Å². The highest BCUT2D eigenvalue weighted by atomic mass is 35.5. The number of hydrogen-bond acceptors (Lipinski definition) is 5. The number of ether oxygens (including phenoxy) is 1. The largest absolute Gasteiger partial charge is 0.481 e. The Labute approximate surface area is 126 Å². The van der Waals surface area contributed by atoms with Crippen LogP contribution in [-0.2, 0) is 13.1 Å². The van der Waals surface area contributed by atoms with Gasteiger partial charge in [-0.2, -0.15) is 5.10 Å². The summed E-state index contributed by atoms with van der Waals surface area (Å²) < 4.78 is 6.15. The molecule has 0 unspecified atom stereocenters. The van der Waals surface area contributed by atoms with Gasteiger partial charge in [0.1, 0.15) is 12.2 Å². The average Bonchev–Trinajstić information content (AvgIpc) is 2.51.